The fourth-order valence-corrected chi connectivity index (χ4v) is 2.99. The number of allylic oxidation sites excluding steroid dienone is 2. The lowest BCUT2D eigenvalue weighted by molar-refractivity contribution is -0.143. The zero-order valence-electron chi connectivity index (χ0n) is 12.6. The Morgan fingerprint density at radius 1 is 1.32 bits per heavy atom. The zero-order chi connectivity index (χ0) is 15.5. The molecule has 1 aliphatic rings. The number of Topliss-reactive ketones (excluding diaryl/α,β-unsaturated/α-hetero) is 1. The normalized spacial score (nSPS) is 17.0. The molecule has 0 aliphatic heterocycles. The maximum atomic E-state index is 12.4. The Labute approximate surface area is 129 Å². The number of ketones is 1. The van der Waals surface area contributed by atoms with Gasteiger partial charge in [-0.15, -0.1) is 0 Å². The lowest BCUT2D eigenvalue weighted by Gasteiger charge is -2.08. The fourth-order valence-electron chi connectivity index (χ4n) is 2.99. The monoisotopic (exact) mass is 297 g/mol. The number of ether oxygens (including phenoxy) is 1. The number of hydrogen-bond acceptors (Lipinski definition) is 3. The van der Waals surface area contributed by atoms with E-state index in [1.54, 1.807) is 0 Å². The van der Waals surface area contributed by atoms with Gasteiger partial charge in [-0.2, -0.15) is 0 Å². The van der Waals surface area contributed by atoms with Crippen molar-refractivity contribution in [2.45, 2.75) is 26.2 Å². The van der Waals surface area contributed by atoms with Gasteiger partial charge in [-0.05, 0) is 31.7 Å². The highest BCUT2D eigenvalue weighted by molar-refractivity contribution is 6.10. The number of carbonyl (C=O) groups is 2. The molecule has 0 amide bonds. The van der Waals surface area contributed by atoms with Gasteiger partial charge < -0.3 is 9.72 Å². The van der Waals surface area contributed by atoms with Crippen LogP contribution in [0.3, 0.4) is 0 Å². The molecule has 0 bridgehead atoms. The van der Waals surface area contributed by atoms with Crippen LogP contribution >= 0.6 is 0 Å². The summed E-state index contributed by atoms with van der Waals surface area (Å²) < 4.78 is 5.16. The summed E-state index contributed by atoms with van der Waals surface area (Å²) in [5.41, 5.74) is 2.34. The topological polar surface area (TPSA) is 59.2 Å². The summed E-state index contributed by atoms with van der Waals surface area (Å²) in [4.78, 5) is 27.4. The molecule has 0 saturated carbocycles. The number of hydrogen-bond donors (Lipinski definition) is 1. The molecule has 0 saturated heterocycles. The van der Waals surface area contributed by atoms with Crippen molar-refractivity contribution < 1.29 is 14.3 Å². The van der Waals surface area contributed by atoms with Crippen molar-refractivity contribution in [2.75, 3.05) is 6.61 Å². The van der Waals surface area contributed by atoms with E-state index in [4.69, 9.17) is 4.74 Å². The van der Waals surface area contributed by atoms with Gasteiger partial charge in [0.2, 0.25) is 5.78 Å². The van der Waals surface area contributed by atoms with Crippen molar-refractivity contribution in [1.82, 2.24) is 4.98 Å². The van der Waals surface area contributed by atoms with Gasteiger partial charge in [0.1, 0.15) is 0 Å². The van der Waals surface area contributed by atoms with Gasteiger partial charge in [-0.25, -0.2) is 0 Å². The third kappa shape index (κ3) is 2.96. The van der Waals surface area contributed by atoms with E-state index < -0.39 is 0 Å². The standard InChI is InChI=1S/C18H19NO3/c1-12-18(14-8-4-5-9-15(14)19-12)16(20)11-22-17(21)10-13-6-2-3-7-13/h2,4-6,8-9,13,19H,3,7,10-11H2,1H3/t13-/m0/s1. The van der Waals surface area contributed by atoms with Gasteiger partial charge in [-0.1, -0.05) is 30.4 Å². The first kappa shape index (κ1) is 14.6. The minimum atomic E-state index is -0.303. The third-order valence-corrected chi connectivity index (χ3v) is 4.08. The molecule has 0 unspecified atom stereocenters. The quantitative estimate of drug-likeness (QED) is 0.521. The maximum absolute atomic E-state index is 12.4. The second-order valence-corrected chi connectivity index (χ2v) is 5.72. The first-order valence-electron chi connectivity index (χ1n) is 7.58. The molecule has 1 heterocycles. The van der Waals surface area contributed by atoms with Crippen molar-refractivity contribution in [2.24, 2.45) is 5.92 Å². The smallest absolute Gasteiger partial charge is 0.306 e. The molecule has 22 heavy (non-hydrogen) atoms. The number of aryl methyl sites for hydroxylation is 1. The first-order chi connectivity index (χ1) is 10.6. The number of benzene rings is 1. The van der Waals surface area contributed by atoms with Crippen LogP contribution < -0.4 is 0 Å². The number of aromatic nitrogens is 1. The molecule has 0 spiro atoms. The highest BCUT2D eigenvalue weighted by atomic mass is 16.5. The molecule has 1 atom stereocenters. The van der Waals surface area contributed by atoms with Gasteiger partial charge in [0, 0.05) is 22.2 Å². The van der Waals surface area contributed by atoms with Gasteiger partial charge in [0.15, 0.2) is 6.61 Å². The Bertz CT molecular complexity index is 742. The lowest BCUT2D eigenvalue weighted by Crippen LogP contribution is -2.16. The van der Waals surface area contributed by atoms with Crippen LogP contribution in [0.1, 0.15) is 35.3 Å². The van der Waals surface area contributed by atoms with E-state index in [0.717, 1.165) is 29.4 Å². The molecular formula is C18H19NO3. The Hall–Kier alpha value is -2.36. The second-order valence-electron chi connectivity index (χ2n) is 5.72. The minimum Gasteiger partial charge on any atom is -0.457 e. The third-order valence-electron chi connectivity index (χ3n) is 4.08. The zero-order valence-corrected chi connectivity index (χ0v) is 12.6. The van der Waals surface area contributed by atoms with E-state index >= 15 is 0 Å². The molecule has 114 valence electrons. The summed E-state index contributed by atoms with van der Waals surface area (Å²) in [5.74, 6) is -0.204. The predicted molar refractivity (Wildman–Crippen MR) is 84.8 cm³/mol. The maximum Gasteiger partial charge on any atom is 0.306 e. The summed E-state index contributed by atoms with van der Waals surface area (Å²) in [7, 11) is 0. The SMILES string of the molecule is Cc1[nH]c2ccccc2c1C(=O)COC(=O)C[C@H]1C=CCC1. The predicted octanol–water partition coefficient (Wildman–Crippen LogP) is 3.56. The number of rotatable bonds is 5. The molecule has 4 nitrogen and oxygen atoms in total. The lowest BCUT2D eigenvalue weighted by atomic mass is 10.1. The second kappa shape index (κ2) is 6.18. The van der Waals surface area contributed by atoms with Crippen molar-refractivity contribution >= 4 is 22.7 Å². The van der Waals surface area contributed by atoms with Crippen molar-refractivity contribution in [3.05, 3.63) is 47.7 Å². The van der Waals surface area contributed by atoms with Crippen molar-refractivity contribution in [1.29, 1.82) is 0 Å². The molecule has 0 radical (unpaired) electrons. The summed E-state index contributed by atoms with van der Waals surface area (Å²) in [6.07, 6.45) is 6.50. The number of carbonyl (C=O) groups excluding carboxylic acids is 2. The molecule has 1 N–H and O–H groups in total. The van der Waals surface area contributed by atoms with E-state index in [-0.39, 0.29) is 24.3 Å². The van der Waals surface area contributed by atoms with E-state index in [0.29, 0.717) is 12.0 Å². The van der Waals surface area contributed by atoms with E-state index in [9.17, 15) is 9.59 Å². The minimum absolute atomic E-state index is 0.162. The number of H-pyrrole nitrogens is 1. The Kier molecular flexibility index (Phi) is 4.09. The van der Waals surface area contributed by atoms with Crippen LogP contribution in [0.15, 0.2) is 36.4 Å². The summed E-state index contributed by atoms with van der Waals surface area (Å²) in [5, 5.41) is 0.875. The first-order valence-corrected chi connectivity index (χ1v) is 7.58. The summed E-state index contributed by atoms with van der Waals surface area (Å²) in [6, 6.07) is 7.64. The average molecular weight is 297 g/mol. The summed E-state index contributed by atoms with van der Waals surface area (Å²) in [6.45, 7) is 1.66. The molecule has 4 heteroatoms. The van der Waals surface area contributed by atoms with Crippen LogP contribution in [-0.2, 0) is 9.53 Å². The highest BCUT2D eigenvalue weighted by Gasteiger charge is 2.19. The number of esters is 1. The molecule has 1 aromatic carbocycles. The van der Waals surface area contributed by atoms with Crippen LogP contribution in [0.5, 0.6) is 0 Å². The summed E-state index contributed by atoms with van der Waals surface area (Å²) >= 11 is 0. The fraction of sp³-hybridized carbons (Fsp3) is 0.333. The molecule has 1 aromatic heterocycles. The van der Waals surface area contributed by atoms with Crippen LogP contribution in [-0.4, -0.2) is 23.3 Å². The molecule has 0 fully saturated rings. The van der Waals surface area contributed by atoms with Crippen LogP contribution in [0.25, 0.3) is 10.9 Å². The van der Waals surface area contributed by atoms with Crippen LogP contribution in [0.4, 0.5) is 0 Å². The number of para-hydroxylation sites is 1. The Balaban J connectivity index is 1.64. The van der Waals surface area contributed by atoms with Crippen molar-refractivity contribution in [3.63, 3.8) is 0 Å². The van der Waals surface area contributed by atoms with Crippen LogP contribution in [0, 0.1) is 12.8 Å². The van der Waals surface area contributed by atoms with Gasteiger partial charge in [0.25, 0.3) is 0 Å². The van der Waals surface area contributed by atoms with Gasteiger partial charge in [-0.3, -0.25) is 9.59 Å². The Morgan fingerprint density at radius 3 is 2.91 bits per heavy atom. The van der Waals surface area contributed by atoms with E-state index in [1.165, 1.54) is 0 Å². The molecule has 2 aromatic rings. The van der Waals surface area contributed by atoms with Gasteiger partial charge in [0.05, 0.1) is 6.42 Å². The molecule has 3 rings (SSSR count). The average Bonchev–Trinajstić information content (AvgIpc) is 3.11. The number of nitrogens with one attached hydrogen (secondary N) is 1. The van der Waals surface area contributed by atoms with E-state index in [2.05, 4.69) is 11.1 Å². The largest absolute Gasteiger partial charge is 0.457 e. The Morgan fingerprint density at radius 2 is 2.14 bits per heavy atom. The van der Waals surface area contributed by atoms with E-state index in [1.807, 2.05) is 37.3 Å². The number of aromatic amines is 1. The van der Waals surface area contributed by atoms with Crippen LogP contribution in [0.2, 0.25) is 0 Å². The number of fused-ring (bicyclic) bond motifs is 1. The highest BCUT2D eigenvalue weighted by Crippen LogP contribution is 2.23. The van der Waals surface area contributed by atoms with Crippen molar-refractivity contribution in [3.8, 4) is 0 Å². The molecule has 1 aliphatic carbocycles. The van der Waals surface area contributed by atoms with Gasteiger partial charge >= 0.3 is 5.97 Å². The molecular weight excluding hydrogens is 278 g/mol.